The van der Waals surface area contributed by atoms with E-state index < -0.39 is 17.8 Å². The molecular weight excluding hydrogens is 421 g/mol. The van der Waals surface area contributed by atoms with E-state index >= 15 is 0 Å². The summed E-state index contributed by atoms with van der Waals surface area (Å²) in [5, 5.41) is 9.54. The highest BCUT2D eigenvalue weighted by Crippen LogP contribution is 2.35. The van der Waals surface area contributed by atoms with Gasteiger partial charge in [0.25, 0.3) is 0 Å². The molecule has 2 aliphatic rings. The number of amides is 2. The van der Waals surface area contributed by atoms with Gasteiger partial charge in [-0.3, -0.25) is 4.79 Å². The molecule has 2 aromatic carbocycles. The van der Waals surface area contributed by atoms with Crippen molar-refractivity contribution in [1.29, 1.82) is 0 Å². The molecule has 4 rings (SSSR count). The van der Waals surface area contributed by atoms with E-state index in [9.17, 15) is 27.9 Å². The Balaban J connectivity index is 1.52. The van der Waals surface area contributed by atoms with E-state index in [2.05, 4.69) is 0 Å². The lowest BCUT2D eigenvalue weighted by Gasteiger charge is -2.44. The van der Waals surface area contributed by atoms with Crippen LogP contribution in [0, 0.1) is 5.92 Å². The maximum absolute atomic E-state index is 12.9. The van der Waals surface area contributed by atoms with Gasteiger partial charge in [-0.05, 0) is 30.0 Å². The van der Waals surface area contributed by atoms with E-state index in [4.69, 9.17) is 0 Å². The highest BCUT2D eigenvalue weighted by Gasteiger charge is 2.38. The molecule has 170 valence electrons. The van der Waals surface area contributed by atoms with Crippen LogP contribution in [0.1, 0.15) is 40.2 Å². The molecule has 0 radical (unpaired) electrons. The van der Waals surface area contributed by atoms with E-state index in [0.29, 0.717) is 25.1 Å². The Labute approximate surface area is 184 Å². The number of benzene rings is 2. The molecule has 0 bridgehead atoms. The number of β-amino-alcohol motifs (C(OH)–C–C–N with tert-alkyl or cyclic N) is 1. The predicted molar refractivity (Wildman–Crippen MR) is 112 cm³/mol. The first kappa shape index (κ1) is 22.3. The molecule has 2 unspecified atom stereocenters. The lowest BCUT2D eigenvalue weighted by molar-refractivity contribution is -0.137. The van der Waals surface area contributed by atoms with Crippen molar-refractivity contribution in [2.45, 2.75) is 31.0 Å². The number of carbonyl (C=O) groups excluding carboxylic acids is 2. The summed E-state index contributed by atoms with van der Waals surface area (Å²) >= 11 is 0. The van der Waals surface area contributed by atoms with Gasteiger partial charge >= 0.3 is 12.2 Å². The number of alkyl halides is 3. The molecular formula is C24H25F3N2O3. The third-order valence-corrected chi connectivity index (χ3v) is 6.22. The van der Waals surface area contributed by atoms with Crippen molar-refractivity contribution in [3.05, 3.63) is 71.3 Å². The molecule has 2 aromatic rings. The molecule has 0 aliphatic carbocycles. The number of aliphatic hydroxyl groups is 1. The maximum atomic E-state index is 12.9. The number of hydrogen-bond acceptors (Lipinski definition) is 3. The Hall–Kier alpha value is -2.87. The van der Waals surface area contributed by atoms with Gasteiger partial charge in [0, 0.05) is 31.0 Å². The van der Waals surface area contributed by atoms with Crippen molar-refractivity contribution in [2.24, 2.45) is 5.92 Å². The van der Waals surface area contributed by atoms with E-state index in [-0.39, 0.29) is 43.2 Å². The summed E-state index contributed by atoms with van der Waals surface area (Å²) in [7, 11) is 0. The van der Waals surface area contributed by atoms with Crippen LogP contribution in [0.3, 0.4) is 0 Å². The Bertz CT molecular complexity index is 957. The molecule has 5 nitrogen and oxygen atoms in total. The number of urea groups is 1. The lowest BCUT2D eigenvalue weighted by atomic mass is 9.81. The monoisotopic (exact) mass is 446 g/mol. The number of aliphatic hydroxyl groups excluding tert-OH is 1. The standard InChI is InChI=1S/C24H25F3N2O3/c25-24(26,27)20-8-6-17(7-9-20)19-10-16(11-22(31)18-4-2-1-3-5-18)12-28(13-19)23(32)29-14-21(30)15-29/h1-9,16,19,21,30H,10-15H2. The minimum Gasteiger partial charge on any atom is -0.389 e. The highest BCUT2D eigenvalue weighted by atomic mass is 19.4. The molecule has 32 heavy (non-hydrogen) atoms. The van der Waals surface area contributed by atoms with Gasteiger partial charge in [-0.25, -0.2) is 4.79 Å². The number of halogens is 3. The molecule has 0 saturated carbocycles. The Morgan fingerprint density at radius 1 is 0.906 bits per heavy atom. The fourth-order valence-corrected chi connectivity index (χ4v) is 4.51. The van der Waals surface area contributed by atoms with Gasteiger partial charge in [0.05, 0.1) is 24.8 Å². The second kappa shape index (κ2) is 8.94. The highest BCUT2D eigenvalue weighted by molar-refractivity contribution is 5.96. The molecule has 8 heteroatoms. The van der Waals surface area contributed by atoms with Crippen molar-refractivity contribution in [3.63, 3.8) is 0 Å². The number of hydrogen-bond donors (Lipinski definition) is 1. The SMILES string of the molecule is O=C(CC1CC(c2ccc(C(F)(F)F)cc2)CN(C(=O)N2CC(O)C2)C1)c1ccccc1. The number of rotatable bonds is 4. The van der Waals surface area contributed by atoms with E-state index in [1.165, 1.54) is 12.1 Å². The summed E-state index contributed by atoms with van der Waals surface area (Å²) in [5.74, 6) is -0.302. The van der Waals surface area contributed by atoms with Crippen LogP contribution < -0.4 is 0 Å². The smallest absolute Gasteiger partial charge is 0.389 e. The van der Waals surface area contributed by atoms with Crippen molar-refractivity contribution >= 4 is 11.8 Å². The quantitative estimate of drug-likeness (QED) is 0.717. The number of carbonyl (C=O) groups is 2. The minimum atomic E-state index is -4.41. The zero-order valence-corrected chi connectivity index (χ0v) is 17.5. The minimum absolute atomic E-state index is 0.0181. The number of ketones is 1. The number of piperidine rings is 1. The predicted octanol–water partition coefficient (Wildman–Crippen LogP) is 4.18. The van der Waals surface area contributed by atoms with Crippen LogP contribution in [-0.2, 0) is 6.18 Å². The van der Waals surface area contributed by atoms with Crippen LogP contribution in [0.5, 0.6) is 0 Å². The zero-order valence-electron chi connectivity index (χ0n) is 17.5. The molecule has 2 heterocycles. The largest absolute Gasteiger partial charge is 0.416 e. The number of likely N-dealkylation sites (tertiary alicyclic amines) is 2. The molecule has 2 fully saturated rings. The number of nitrogens with zero attached hydrogens (tertiary/aromatic N) is 2. The maximum Gasteiger partial charge on any atom is 0.416 e. The van der Waals surface area contributed by atoms with Crippen LogP contribution in [0.15, 0.2) is 54.6 Å². The fourth-order valence-electron chi connectivity index (χ4n) is 4.51. The first-order valence-corrected chi connectivity index (χ1v) is 10.7. The first-order valence-electron chi connectivity index (χ1n) is 10.7. The van der Waals surface area contributed by atoms with Crippen LogP contribution >= 0.6 is 0 Å². The fraction of sp³-hybridized carbons (Fsp3) is 0.417. The topological polar surface area (TPSA) is 60.9 Å². The van der Waals surface area contributed by atoms with Crippen LogP contribution in [0.2, 0.25) is 0 Å². The van der Waals surface area contributed by atoms with Gasteiger partial charge in [-0.15, -0.1) is 0 Å². The van der Waals surface area contributed by atoms with Crippen molar-refractivity contribution < 1.29 is 27.9 Å². The van der Waals surface area contributed by atoms with Crippen molar-refractivity contribution in [1.82, 2.24) is 9.80 Å². The molecule has 2 amide bonds. The lowest BCUT2D eigenvalue weighted by Crippen LogP contribution is -2.59. The zero-order chi connectivity index (χ0) is 22.9. The summed E-state index contributed by atoms with van der Waals surface area (Å²) in [6, 6.07) is 13.8. The Morgan fingerprint density at radius 3 is 2.12 bits per heavy atom. The second-order valence-electron chi connectivity index (χ2n) is 8.66. The molecule has 0 spiro atoms. The summed E-state index contributed by atoms with van der Waals surface area (Å²) in [5.41, 5.74) is 0.611. The Morgan fingerprint density at radius 2 is 1.53 bits per heavy atom. The van der Waals surface area contributed by atoms with Gasteiger partial charge in [0.1, 0.15) is 0 Å². The Kier molecular flexibility index (Phi) is 6.24. The molecule has 2 saturated heterocycles. The summed E-state index contributed by atoms with van der Waals surface area (Å²) < 4.78 is 38.8. The summed E-state index contributed by atoms with van der Waals surface area (Å²) in [6.07, 6.45) is -4.06. The third-order valence-electron chi connectivity index (χ3n) is 6.22. The van der Waals surface area contributed by atoms with Gasteiger partial charge in [0.15, 0.2) is 5.78 Å². The molecule has 2 atom stereocenters. The normalized spacial score (nSPS) is 21.9. The third kappa shape index (κ3) is 4.96. The van der Waals surface area contributed by atoms with Crippen molar-refractivity contribution in [2.75, 3.05) is 26.2 Å². The van der Waals surface area contributed by atoms with Gasteiger partial charge in [-0.2, -0.15) is 13.2 Å². The van der Waals surface area contributed by atoms with E-state index in [1.54, 1.807) is 34.1 Å². The average molecular weight is 446 g/mol. The van der Waals surface area contributed by atoms with Gasteiger partial charge < -0.3 is 14.9 Å². The first-order chi connectivity index (χ1) is 15.2. The number of Topliss-reactive ketones (excluding diaryl/α,β-unsaturated/α-hetero) is 1. The average Bonchev–Trinajstić information content (AvgIpc) is 2.76. The molecule has 1 N–H and O–H groups in total. The second-order valence-corrected chi connectivity index (χ2v) is 8.66. The van der Waals surface area contributed by atoms with Crippen molar-refractivity contribution in [3.8, 4) is 0 Å². The van der Waals surface area contributed by atoms with Gasteiger partial charge in [-0.1, -0.05) is 42.5 Å². The molecule has 0 aromatic heterocycles. The van der Waals surface area contributed by atoms with Crippen LogP contribution in [-0.4, -0.2) is 59.0 Å². The summed E-state index contributed by atoms with van der Waals surface area (Å²) in [4.78, 5) is 28.9. The van der Waals surface area contributed by atoms with E-state index in [1.807, 2.05) is 6.07 Å². The molecule has 2 aliphatic heterocycles. The van der Waals surface area contributed by atoms with Crippen LogP contribution in [0.4, 0.5) is 18.0 Å². The van der Waals surface area contributed by atoms with Gasteiger partial charge in [0.2, 0.25) is 0 Å². The summed E-state index contributed by atoms with van der Waals surface area (Å²) in [6.45, 7) is 1.32. The van der Waals surface area contributed by atoms with E-state index in [0.717, 1.165) is 17.7 Å². The van der Waals surface area contributed by atoms with Crippen LogP contribution in [0.25, 0.3) is 0 Å².